The Morgan fingerprint density at radius 1 is 1.12 bits per heavy atom. The zero-order valence-electron chi connectivity index (χ0n) is 13.2. The van der Waals surface area contributed by atoms with Gasteiger partial charge in [-0.1, -0.05) is 35.3 Å². The predicted molar refractivity (Wildman–Crippen MR) is 98.8 cm³/mol. The smallest absolute Gasteiger partial charge is 0.220 e. The molecule has 0 aliphatic carbocycles. The minimum atomic E-state index is 0.0104. The van der Waals surface area contributed by atoms with Gasteiger partial charge < -0.3 is 15.8 Å². The standard InChI is InChI=1S/C18H20Cl2N2O2/c19-14-5-8-17(16(20)12-14)24-11-1-2-18(23)22-10-9-13-3-6-15(21)7-4-13/h3-8,12H,1-2,9-11,21H2,(H,22,23). The fourth-order valence-corrected chi connectivity index (χ4v) is 2.59. The number of hydrogen-bond donors (Lipinski definition) is 2. The van der Waals surface area contributed by atoms with E-state index >= 15 is 0 Å². The molecule has 0 saturated carbocycles. The minimum Gasteiger partial charge on any atom is -0.492 e. The molecule has 0 fully saturated rings. The van der Waals surface area contributed by atoms with Crippen molar-refractivity contribution < 1.29 is 9.53 Å². The van der Waals surface area contributed by atoms with E-state index in [-0.39, 0.29) is 5.91 Å². The summed E-state index contributed by atoms with van der Waals surface area (Å²) in [5.41, 5.74) is 7.52. The molecule has 0 unspecified atom stereocenters. The minimum absolute atomic E-state index is 0.0104. The Kier molecular flexibility index (Phi) is 7.22. The van der Waals surface area contributed by atoms with Crippen LogP contribution < -0.4 is 15.8 Å². The molecule has 6 heteroatoms. The summed E-state index contributed by atoms with van der Waals surface area (Å²) < 4.78 is 5.54. The number of ether oxygens (including phenoxy) is 1. The molecule has 0 aliphatic rings. The molecule has 4 nitrogen and oxygen atoms in total. The van der Waals surface area contributed by atoms with E-state index in [0.717, 1.165) is 17.7 Å². The lowest BCUT2D eigenvalue weighted by atomic mass is 10.1. The Hall–Kier alpha value is -1.91. The van der Waals surface area contributed by atoms with E-state index < -0.39 is 0 Å². The highest BCUT2D eigenvalue weighted by Gasteiger charge is 2.04. The lowest BCUT2D eigenvalue weighted by molar-refractivity contribution is -0.121. The van der Waals surface area contributed by atoms with Crippen molar-refractivity contribution in [3.05, 3.63) is 58.1 Å². The molecular weight excluding hydrogens is 347 g/mol. The molecule has 0 bridgehead atoms. The number of amides is 1. The van der Waals surface area contributed by atoms with Crippen molar-refractivity contribution in [2.45, 2.75) is 19.3 Å². The fourth-order valence-electron chi connectivity index (χ4n) is 2.13. The summed E-state index contributed by atoms with van der Waals surface area (Å²) >= 11 is 11.8. The SMILES string of the molecule is Nc1ccc(CCNC(=O)CCCOc2ccc(Cl)cc2Cl)cc1. The van der Waals surface area contributed by atoms with Gasteiger partial charge >= 0.3 is 0 Å². The van der Waals surface area contributed by atoms with E-state index in [2.05, 4.69) is 5.32 Å². The van der Waals surface area contributed by atoms with Crippen molar-refractivity contribution in [1.82, 2.24) is 5.32 Å². The molecule has 0 radical (unpaired) electrons. The first kappa shape index (κ1) is 18.4. The number of halogens is 2. The van der Waals surface area contributed by atoms with Crippen LogP contribution in [0.3, 0.4) is 0 Å². The van der Waals surface area contributed by atoms with Gasteiger partial charge in [0.05, 0.1) is 11.6 Å². The number of nitrogen functional groups attached to an aromatic ring is 1. The number of nitrogens with one attached hydrogen (secondary N) is 1. The predicted octanol–water partition coefficient (Wildman–Crippen LogP) is 4.09. The van der Waals surface area contributed by atoms with Gasteiger partial charge in [0.15, 0.2) is 0 Å². The van der Waals surface area contributed by atoms with Crippen LogP contribution in [0.2, 0.25) is 10.0 Å². The molecule has 2 aromatic rings. The molecule has 1 amide bonds. The summed E-state index contributed by atoms with van der Waals surface area (Å²) in [6.45, 7) is 1.03. The molecule has 3 N–H and O–H groups in total. The largest absolute Gasteiger partial charge is 0.492 e. The van der Waals surface area contributed by atoms with Gasteiger partial charge in [-0.15, -0.1) is 0 Å². The maximum absolute atomic E-state index is 11.8. The molecule has 2 rings (SSSR count). The summed E-state index contributed by atoms with van der Waals surface area (Å²) in [5, 5.41) is 3.92. The molecule has 24 heavy (non-hydrogen) atoms. The van der Waals surface area contributed by atoms with Crippen LogP contribution in [0.1, 0.15) is 18.4 Å². The zero-order valence-corrected chi connectivity index (χ0v) is 14.7. The van der Waals surface area contributed by atoms with Gasteiger partial charge in [-0.3, -0.25) is 4.79 Å². The van der Waals surface area contributed by atoms with Gasteiger partial charge in [0.25, 0.3) is 0 Å². The number of carbonyl (C=O) groups excluding carboxylic acids is 1. The van der Waals surface area contributed by atoms with Crippen LogP contribution in [0.15, 0.2) is 42.5 Å². The maximum Gasteiger partial charge on any atom is 0.220 e. The third kappa shape index (κ3) is 6.30. The van der Waals surface area contributed by atoms with E-state index in [9.17, 15) is 4.79 Å². The first-order chi connectivity index (χ1) is 11.5. The summed E-state index contributed by atoms with van der Waals surface area (Å²) in [5.74, 6) is 0.584. The van der Waals surface area contributed by atoms with Gasteiger partial charge in [-0.25, -0.2) is 0 Å². The molecular formula is C18H20Cl2N2O2. The summed E-state index contributed by atoms with van der Waals surface area (Å²) in [6.07, 6.45) is 1.81. The third-order valence-electron chi connectivity index (χ3n) is 3.42. The van der Waals surface area contributed by atoms with Crippen molar-refractivity contribution in [2.75, 3.05) is 18.9 Å². The van der Waals surface area contributed by atoms with Crippen molar-refractivity contribution in [1.29, 1.82) is 0 Å². The topological polar surface area (TPSA) is 64.3 Å². The van der Waals surface area contributed by atoms with Crippen LogP contribution in [-0.2, 0) is 11.2 Å². The van der Waals surface area contributed by atoms with Crippen LogP contribution in [-0.4, -0.2) is 19.1 Å². The maximum atomic E-state index is 11.8. The van der Waals surface area contributed by atoms with Crippen LogP contribution in [0.5, 0.6) is 5.75 Å². The monoisotopic (exact) mass is 366 g/mol. The summed E-state index contributed by atoms with van der Waals surface area (Å²) in [4.78, 5) is 11.8. The van der Waals surface area contributed by atoms with Crippen molar-refractivity contribution in [3.63, 3.8) is 0 Å². The Balaban J connectivity index is 1.60. The Labute approximate surface area is 151 Å². The Morgan fingerprint density at radius 2 is 1.88 bits per heavy atom. The average molecular weight is 367 g/mol. The van der Waals surface area contributed by atoms with Gasteiger partial charge in [-0.2, -0.15) is 0 Å². The molecule has 0 heterocycles. The highest BCUT2D eigenvalue weighted by Crippen LogP contribution is 2.27. The highest BCUT2D eigenvalue weighted by atomic mass is 35.5. The van der Waals surface area contributed by atoms with Gasteiger partial charge in [0, 0.05) is 23.7 Å². The second kappa shape index (κ2) is 9.40. The summed E-state index contributed by atoms with van der Waals surface area (Å²) in [7, 11) is 0. The third-order valence-corrected chi connectivity index (χ3v) is 3.95. The number of hydrogen-bond acceptors (Lipinski definition) is 3. The zero-order chi connectivity index (χ0) is 17.4. The molecule has 0 spiro atoms. The second-order valence-corrected chi connectivity index (χ2v) is 6.21. The van der Waals surface area contributed by atoms with Gasteiger partial charge in [0.1, 0.15) is 5.75 Å². The molecule has 2 aromatic carbocycles. The van der Waals surface area contributed by atoms with Crippen LogP contribution in [0.25, 0.3) is 0 Å². The second-order valence-electron chi connectivity index (χ2n) is 5.37. The molecule has 128 valence electrons. The van der Waals surface area contributed by atoms with Crippen LogP contribution >= 0.6 is 23.2 Å². The molecule has 0 saturated heterocycles. The average Bonchev–Trinajstić information content (AvgIpc) is 2.55. The first-order valence-corrected chi connectivity index (χ1v) is 8.49. The normalized spacial score (nSPS) is 10.4. The number of nitrogens with two attached hydrogens (primary N) is 1. The lowest BCUT2D eigenvalue weighted by Crippen LogP contribution is -2.25. The van der Waals surface area contributed by atoms with Crippen LogP contribution in [0, 0.1) is 0 Å². The van der Waals surface area contributed by atoms with E-state index in [1.54, 1.807) is 18.2 Å². The van der Waals surface area contributed by atoms with E-state index in [4.69, 9.17) is 33.7 Å². The Morgan fingerprint density at radius 3 is 2.58 bits per heavy atom. The number of anilines is 1. The Bertz CT molecular complexity index is 675. The summed E-state index contributed by atoms with van der Waals surface area (Å²) in [6, 6.07) is 12.7. The molecule has 0 aliphatic heterocycles. The van der Waals surface area contributed by atoms with E-state index in [1.165, 1.54) is 0 Å². The van der Waals surface area contributed by atoms with Crippen molar-refractivity contribution in [3.8, 4) is 5.75 Å². The van der Waals surface area contributed by atoms with Crippen molar-refractivity contribution >= 4 is 34.8 Å². The van der Waals surface area contributed by atoms with Gasteiger partial charge in [0.2, 0.25) is 5.91 Å². The van der Waals surface area contributed by atoms with E-state index in [0.29, 0.717) is 41.8 Å². The lowest BCUT2D eigenvalue weighted by Gasteiger charge is -2.09. The first-order valence-electron chi connectivity index (χ1n) is 7.73. The quantitative estimate of drug-likeness (QED) is 0.546. The number of benzene rings is 2. The van der Waals surface area contributed by atoms with E-state index in [1.807, 2.05) is 24.3 Å². The van der Waals surface area contributed by atoms with Gasteiger partial charge in [-0.05, 0) is 48.7 Å². The number of carbonyl (C=O) groups is 1. The molecule has 0 aromatic heterocycles. The van der Waals surface area contributed by atoms with Crippen molar-refractivity contribution in [2.24, 2.45) is 0 Å². The number of rotatable bonds is 8. The fraction of sp³-hybridized carbons (Fsp3) is 0.278. The highest BCUT2D eigenvalue weighted by molar-refractivity contribution is 6.35. The molecule has 0 atom stereocenters. The van der Waals surface area contributed by atoms with Crippen LogP contribution in [0.4, 0.5) is 5.69 Å².